The number of rotatable bonds is 6. The quantitative estimate of drug-likeness (QED) is 0.450. The molecule has 0 atom stereocenters. The van der Waals surface area contributed by atoms with E-state index in [1.807, 2.05) is 26.1 Å². The average molecular weight is 333 g/mol. The van der Waals surface area contributed by atoms with Gasteiger partial charge in [-0.1, -0.05) is 35.2 Å². The van der Waals surface area contributed by atoms with E-state index >= 15 is 0 Å². The largest absolute Gasteiger partial charge is 0.241 e. The van der Waals surface area contributed by atoms with Gasteiger partial charge in [-0.3, -0.25) is 0 Å². The molecule has 1 aromatic heterocycles. The minimum atomic E-state index is 0.730. The molecular weight excluding hydrogens is 316 g/mol. The van der Waals surface area contributed by atoms with Crippen LogP contribution in [0, 0.1) is 6.92 Å². The third-order valence-corrected chi connectivity index (χ3v) is 2.40. The van der Waals surface area contributed by atoms with E-state index in [9.17, 15) is 0 Å². The second-order valence-electron chi connectivity index (χ2n) is 3.90. The van der Waals surface area contributed by atoms with Crippen LogP contribution in [0.15, 0.2) is 65.3 Å². The molecule has 4 nitrogen and oxygen atoms in total. The summed E-state index contributed by atoms with van der Waals surface area (Å²) in [5.41, 5.74) is 1.63. The summed E-state index contributed by atoms with van der Waals surface area (Å²) < 4.78 is 0.937. The van der Waals surface area contributed by atoms with Crippen molar-refractivity contribution in [1.29, 1.82) is 0 Å². The number of allylic oxidation sites excluding steroid dienone is 4. The summed E-state index contributed by atoms with van der Waals surface area (Å²) >= 11 is 3.39. The molecule has 1 heterocycles. The third-order valence-electron chi connectivity index (χ3n) is 2.19. The second kappa shape index (κ2) is 8.22. The van der Waals surface area contributed by atoms with Gasteiger partial charge in [-0.15, -0.1) is 0 Å². The van der Waals surface area contributed by atoms with Gasteiger partial charge in [0.2, 0.25) is 0 Å². The van der Waals surface area contributed by atoms with Crippen molar-refractivity contribution in [2.75, 3.05) is 0 Å². The molecule has 104 valence electrons. The Morgan fingerprint density at radius 3 is 2.50 bits per heavy atom. The molecule has 0 fully saturated rings. The van der Waals surface area contributed by atoms with Gasteiger partial charge in [-0.05, 0) is 26.0 Å². The van der Waals surface area contributed by atoms with E-state index in [4.69, 9.17) is 0 Å². The molecule has 0 saturated heterocycles. The average Bonchev–Trinajstić information content (AvgIpc) is 2.42. The first kappa shape index (κ1) is 16.0. The van der Waals surface area contributed by atoms with Crippen LogP contribution >= 0.6 is 15.9 Å². The van der Waals surface area contributed by atoms with Crippen LogP contribution < -0.4 is 0 Å². The van der Waals surface area contributed by atoms with Gasteiger partial charge in [0.15, 0.2) is 0 Å². The topological polar surface area (TPSA) is 41.4 Å². The molecule has 1 rings (SSSR count). The van der Waals surface area contributed by atoms with E-state index in [-0.39, 0.29) is 0 Å². The molecule has 0 aliphatic heterocycles. The van der Waals surface area contributed by atoms with E-state index in [0.29, 0.717) is 0 Å². The predicted molar refractivity (Wildman–Crippen MR) is 87.4 cm³/mol. The molecule has 0 aliphatic carbocycles. The Kier molecular flexibility index (Phi) is 6.59. The monoisotopic (exact) mass is 332 g/mol. The van der Waals surface area contributed by atoms with E-state index in [1.54, 1.807) is 35.8 Å². The zero-order chi connectivity index (χ0) is 15.0. The van der Waals surface area contributed by atoms with Crippen molar-refractivity contribution in [3.8, 4) is 0 Å². The standard InChI is InChI=1S/C15H17BrN4/c1-5-7-15(6-2)20(11-12(3)16)19-10-14-8-17-13(4)18-9-14/h5-11H,1-2H2,3-4H3/b12-11+,15-7+,19-10+. The summed E-state index contributed by atoms with van der Waals surface area (Å²) in [4.78, 5) is 8.25. The molecule has 0 aromatic carbocycles. The van der Waals surface area contributed by atoms with Crippen molar-refractivity contribution >= 4 is 22.1 Å². The molecule has 0 N–H and O–H groups in total. The number of hydrazone groups is 1. The Morgan fingerprint density at radius 2 is 2.00 bits per heavy atom. The molecule has 0 bridgehead atoms. The molecule has 0 saturated carbocycles. The first-order valence-corrected chi connectivity index (χ1v) is 6.77. The van der Waals surface area contributed by atoms with Crippen molar-refractivity contribution in [1.82, 2.24) is 15.0 Å². The van der Waals surface area contributed by atoms with Gasteiger partial charge >= 0.3 is 0 Å². The highest BCUT2D eigenvalue weighted by Gasteiger charge is 2.01. The first-order chi connectivity index (χ1) is 9.56. The van der Waals surface area contributed by atoms with Crippen LogP contribution in [0.4, 0.5) is 0 Å². The summed E-state index contributed by atoms with van der Waals surface area (Å²) in [6.45, 7) is 11.2. The lowest BCUT2D eigenvalue weighted by atomic mass is 10.3. The molecule has 0 spiro atoms. The highest BCUT2D eigenvalue weighted by atomic mass is 79.9. The lowest BCUT2D eigenvalue weighted by molar-refractivity contribution is 0.516. The molecule has 20 heavy (non-hydrogen) atoms. The Labute approximate surface area is 128 Å². The number of hydrogen-bond donors (Lipinski definition) is 0. The van der Waals surface area contributed by atoms with E-state index in [0.717, 1.165) is 21.6 Å². The van der Waals surface area contributed by atoms with E-state index < -0.39 is 0 Å². The minimum absolute atomic E-state index is 0.730. The van der Waals surface area contributed by atoms with Crippen LogP contribution in [0.1, 0.15) is 18.3 Å². The fraction of sp³-hybridized carbons (Fsp3) is 0.133. The van der Waals surface area contributed by atoms with Crippen molar-refractivity contribution in [2.45, 2.75) is 13.8 Å². The Hall–Kier alpha value is -2.01. The van der Waals surface area contributed by atoms with Crippen molar-refractivity contribution in [3.63, 3.8) is 0 Å². The summed E-state index contributed by atoms with van der Waals surface area (Å²) in [5.74, 6) is 0.730. The number of halogens is 1. The van der Waals surface area contributed by atoms with Crippen LogP contribution in [0.25, 0.3) is 0 Å². The molecule has 5 heteroatoms. The fourth-order valence-corrected chi connectivity index (χ4v) is 1.49. The SMILES string of the molecule is C=C/C=C(\C=C)N(/C=C(\C)Br)/N=C/c1cnc(C)nc1. The van der Waals surface area contributed by atoms with Crippen LogP contribution in [-0.4, -0.2) is 21.2 Å². The summed E-state index contributed by atoms with van der Waals surface area (Å²) in [6.07, 6.45) is 12.2. The fourth-order valence-electron chi connectivity index (χ4n) is 1.30. The normalized spacial score (nSPS) is 12.6. The van der Waals surface area contributed by atoms with Crippen molar-refractivity contribution in [3.05, 3.63) is 71.5 Å². The van der Waals surface area contributed by atoms with Gasteiger partial charge in [-0.25, -0.2) is 15.0 Å². The number of hydrogen-bond acceptors (Lipinski definition) is 4. The summed E-state index contributed by atoms with van der Waals surface area (Å²) in [6, 6.07) is 0. The Morgan fingerprint density at radius 1 is 1.35 bits per heavy atom. The number of aromatic nitrogens is 2. The van der Waals surface area contributed by atoms with Gasteiger partial charge in [-0.2, -0.15) is 5.10 Å². The highest BCUT2D eigenvalue weighted by Crippen LogP contribution is 2.13. The van der Waals surface area contributed by atoms with Gasteiger partial charge in [0, 0.05) is 28.6 Å². The maximum Gasteiger partial charge on any atom is 0.125 e. The molecule has 0 unspecified atom stereocenters. The zero-order valence-electron chi connectivity index (χ0n) is 11.6. The summed E-state index contributed by atoms with van der Waals surface area (Å²) in [5, 5.41) is 6.08. The smallest absolute Gasteiger partial charge is 0.125 e. The number of aryl methyl sites for hydroxylation is 1. The second-order valence-corrected chi connectivity index (χ2v) is 5.15. The minimum Gasteiger partial charge on any atom is -0.241 e. The zero-order valence-corrected chi connectivity index (χ0v) is 13.2. The highest BCUT2D eigenvalue weighted by molar-refractivity contribution is 9.11. The van der Waals surface area contributed by atoms with Crippen molar-refractivity contribution < 1.29 is 0 Å². The molecule has 0 amide bonds. The predicted octanol–water partition coefficient (Wildman–Crippen LogP) is 3.93. The third kappa shape index (κ3) is 5.32. The molecule has 0 aliphatic rings. The first-order valence-electron chi connectivity index (χ1n) is 5.97. The lowest BCUT2D eigenvalue weighted by Crippen LogP contribution is -2.08. The molecular formula is C15H17BrN4. The maximum atomic E-state index is 4.39. The van der Waals surface area contributed by atoms with E-state index in [1.165, 1.54) is 0 Å². The van der Waals surface area contributed by atoms with E-state index in [2.05, 4.69) is 44.2 Å². The Bertz CT molecular complexity index is 552. The molecule has 1 aromatic rings. The van der Waals surface area contributed by atoms with Crippen LogP contribution in [0.2, 0.25) is 0 Å². The van der Waals surface area contributed by atoms with Gasteiger partial charge in [0.1, 0.15) is 5.82 Å². The maximum absolute atomic E-state index is 4.39. The van der Waals surface area contributed by atoms with Gasteiger partial charge < -0.3 is 0 Å². The van der Waals surface area contributed by atoms with Crippen LogP contribution in [0.3, 0.4) is 0 Å². The molecule has 0 radical (unpaired) electrons. The van der Waals surface area contributed by atoms with Crippen LogP contribution in [-0.2, 0) is 0 Å². The van der Waals surface area contributed by atoms with Crippen molar-refractivity contribution in [2.24, 2.45) is 5.10 Å². The lowest BCUT2D eigenvalue weighted by Gasteiger charge is -2.15. The number of nitrogens with zero attached hydrogens (tertiary/aromatic N) is 4. The van der Waals surface area contributed by atoms with Crippen LogP contribution in [0.5, 0.6) is 0 Å². The van der Waals surface area contributed by atoms with Gasteiger partial charge in [0.25, 0.3) is 0 Å². The summed E-state index contributed by atoms with van der Waals surface area (Å²) in [7, 11) is 0. The van der Waals surface area contributed by atoms with Gasteiger partial charge in [0.05, 0.1) is 11.9 Å². The Balaban J connectivity index is 3.03.